The van der Waals surface area contributed by atoms with E-state index in [1.807, 2.05) is 13.8 Å². The Bertz CT molecular complexity index is 548. The molecule has 0 aromatic carbocycles. The van der Waals surface area contributed by atoms with Gasteiger partial charge in [0.05, 0.1) is 5.39 Å². The van der Waals surface area contributed by atoms with E-state index in [4.69, 9.17) is 10.5 Å². The third kappa shape index (κ3) is 2.12. The van der Waals surface area contributed by atoms with Crippen LogP contribution in [-0.4, -0.2) is 17.1 Å². The van der Waals surface area contributed by atoms with Crippen LogP contribution >= 0.6 is 11.3 Å². The van der Waals surface area contributed by atoms with Crippen molar-refractivity contribution in [2.24, 2.45) is 0 Å². The highest BCUT2D eigenvalue weighted by molar-refractivity contribution is 7.18. The highest BCUT2D eigenvalue weighted by Gasteiger charge is 2.24. The van der Waals surface area contributed by atoms with E-state index in [2.05, 4.69) is 23.0 Å². The molecule has 0 spiro atoms. The molecule has 2 aromatic heterocycles. The average molecular weight is 251 g/mol. The first-order valence-electron chi connectivity index (χ1n) is 5.59. The molecule has 0 saturated carbocycles. The van der Waals surface area contributed by atoms with E-state index in [-0.39, 0.29) is 0 Å². The van der Waals surface area contributed by atoms with Gasteiger partial charge in [-0.3, -0.25) is 0 Å². The maximum Gasteiger partial charge on any atom is 0.163 e. The summed E-state index contributed by atoms with van der Waals surface area (Å²) in [5, 5.41) is 0.947. The molecule has 92 valence electrons. The first-order valence-corrected chi connectivity index (χ1v) is 6.41. The smallest absolute Gasteiger partial charge is 0.163 e. The Labute approximate surface area is 105 Å². The first-order chi connectivity index (χ1) is 7.97. The van der Waals surface area contributed by atoms with Crippen LogP contribution in [-0.2, 0) is 16.8 Å². The Balaban J connectivity index is 2.62. The van der Waals surface area contributed by atoms with Gasteiger partial charge in [-0.05, 0) is 26.3 Å². The first kappa shape index (κ1) is 12.3. The van der Waals surface area contributed by atoms with Gasteiger partial charge in [-0.25, -0.2) is 9.97 Å². The summed E-state index contributed by atoms with van der Waals surface area (Å²) < 4.78 is 5.38. The number of thiophene rings is 1. The molecule has 0 aliphatic carbocycles. The number of aromatic nitrogens is 2. The third-order valence-corrected chi connectivity index (χ3v) is 4.04. The minimum atomic E-state index is -0.515. The fraction of sp³-hybridized carbons (Fsp3) is 0.500. The van der Waals surface area contributed by atoms with Crippen LogP contribution in [0.1, 0.15) is 31.5 Å². The lowest BCUT2D eigenvalue weighted by atomic mass is 10.1. The fourth-order valence-electron chi connectivity index (χ4n) is 1.53. The number of nitrogens with zero attached hydrogens (tertiary/aromatic N) is 2. The van der Waals surface area contributed by atoms with Gasteiger partial charge in [0.15, 0.2) is 5.82 Å². The third-order valence-electron chi connectivity index (χ3n) is 2.87. The Hall–Kier alpha value is -1.20. The molecular weight excluding hydrogens is 234 g/mol. The van der Waals surface area contributed by atoms with E-state index in [1.165, 1.54) is 4.88 Å². The molecule has 17 heavy (non-hydrogen) atoms. The van der Waals surface area contributed by atoms with E-state index < -0.39 is 5.60 Å². The maximum absolute atomic E-state index is 5.98. The van der Waals surface area contributed by atoms with Gasteiger partial charge in [-0.1, -0.05) is 6.92 Å². The second-order valence-corrected chi connectivity index (χ2v) is 5.55. The Kier molecular flexibility index (Phi) is 3.05. The normalized spacial score (nSPS) is 12.2. The van der Waals surface area contributed by atoms with E-state index >= 15 is 0 Å². The zero-order chi connectivity index (χ0) is 12.6. The van der Waals surface area contributed by atoms with Gasteiger partial charge in [-0.15, -0.1) is 11.3 Å². The molecule has 0 bridgehead atoms. The number of rotatable bonds is 3. The van der Waals surface area contributed by atoms with Crippen LogP contribution in [0.5, 0.6) is 0 Å². The molecule has 0 aliphatic rings. The van der Waals surface area contributed by atoms with Crippen molar-refractivity contribution in [2.45, 2.75) is 32.8 Å². The molecule has 0 fully saturated rings. The number of ether oxygens (including phenoxy) is 1. The number of nitrogens with two attached hydrogens (primary N) is 1. The summed E-state index contributed by atoms with van der Waals surface area (Å²) in [6, 6.07) is 2.07. The summed E-state index contributed by atoms with van der Waals surface area (Å²) in [7, 11) is 1.65. The van der Waals surface area contributed by atoms with Crippen LogP contribution < -0.4 is 5.73 Å². The van der Waals surface area contributed by atoms with Crippen LogP contribution in [0.3, 0.4) is 0 Å². The number of hydrogen-bond donors (Lipinski definition) is 1. The molecule has 4 nitrogen and oxygen atoms in total. The lowest BCUT2D eigenvalue weighted by Crippen LogP contribution is -2.23. The molecule has 2 heterocycles. The van der Waals surface area contributed by atoms with Crippen molar-refractivity contribution in [1.29, 1.82) is 0 Å². The minimum Gasteiger partial charge on any atom is -0.383 e. The molecule has 2 rings (SSSR count). The van der Waals surface area contributed by atoms with E-state index in [0.717, 1.165) is 16.6 Å². The summed E-state index contributed by atoms with van der Waals surface area (Å²) in [4.78, 5) is 11.1. The van der Waals surface area contributed by atoms with Gasteiger partial charge in [-0.2, -0.15) is 0 Å². The predicted octanol–water partition coefficient (Wildman–Crippen LogP) is 2.72. The van der Waals surface area contributed by atoms with Crippen molar-refractivity contribution in [3.63, 3.8) is 0 Å². The Morgan fingerprint density at radius 3 is 2.71 bits per heavy atom. The zero-order valence-electron chi connectivity index (χ0n) is 10.6. The van der Waals surface area contributed by atoms with Crippen LogP contribution in [0, 0.1) is 0 Å². The highest BCUT2D eigenvalue weighted by Crippen LogP contribution is 2.30. The monoisotopic (exact) mass is 251 g/mol. The van der Waals surface area contributed by atoms with Crippen molar-refractivity contribution in [1.82, 2.24) is 9.97 Å². The second kappa shape index (κ2) is 4.23. The molecule has 0 amide bonds. The van der Waals surface area contributed by atoms with Gasteiger partial charge in [0.25, 0.3) is 0 Å². The largest absolute Gasteiger partial charge is 0.383 e. The van der Waals surface area contributed by atoms with Crippen molar-refractivity contribution in [3.05, 3.63) is 16.8 Å². The molecule has 0 aliphatic heterocycles. The summed E-state index contributed by atoms with van der Waals surface area (Å²) in [6.45, 7) is 5.98. The topological polar surface area (TPSA) is 61.0 Å². The molecule has 2 aromatic rings. The van der Waals surface area contributed by atoms with E-state index in [0.29, 0.717) is 11.6 Å². The second-order valence-electron chi connectivity index (χ2n) is 4.43. The van der Waals surface area contributed by atoms with Gasteiger partial charge >= 0.3 is 0 Å². The SMILES string of the molecule is CCc1cc2c(N)nc(C(C)(C)OC)nc2s1. The predicted molar refractivity (Wildman–Crippen MR) is 71.2 cm³/mol. The average Bonchev–Trinajstić information content (AvgIpc) is 2.72. The molecule has 5 heteroatoms. The van der Waals surface area contributed by atoms with Crippen molar-refractivity contribution >= 4 is 27.4 Å². The lowest BCUT2D eigenvalue weighted by molar-refractivity contribution is 0.0119. The number of fused-ring (bicyclic) bond motifs is 1. The zero-order valence-corrected chi connectivity index (χ0v) is 11.4. The number of methoxy groups -OCH3 is 1. The molecule has 0 unspecified atom stereocenters. The number of nitrogen functional groups attached to an aromatic ring is 1. The molecule has 0 atom stereocenters. The number of hydrogen-bond acceptors (Lipinski definition) is 5. The number of aryl methyl sites for hydroxylation is 1. The molecule has 0 radical (unpaired) electrons. The summed E-state index contributed by atoms with van der Waals surface area (Å²) in [6.07, 6.45) is 0.990. The van der Waals surface area contributed by atoms with Gasteiger partial charge in [0.1, 0.15) is 16.2 Å². The highest BCUT2D eigenvalue weighted by atomic mass is 32.1. The van der Waals surface area contributed by atoms with Crippen LogP contribution in [0.15, 0.2) is 6.07 Å². The van der Waals surface area contributed by atoms with Crippen molar-refractivity contribution < 1.29 is 4.74 Å². The Morgan fingerprint density at radius 2 is 2.12 bits per heavy atom. The van der Waals surface area contributed by atoms with Crippen LogP contribution in [0.25, 0.3) is 10.2 Å². The van der Waals surface area contributed by atoms with Gasteiger partial charge in [0, 0.05) is 12.0 Å². The van der Waals surface area contributed by atoms with Crippen LogP contribution in [0.4, 0.5) is 5.82 Å². The van der Waals surface area contributed by atoms with Gasteiger partial charge in [0.2, 0.25) is 0 Å². The van der Waals surface area contributed by atoms with Gasteiger partial charge < -0.3 is 10.5 Å². The minimum absolute atomic E-state index is 0.515. The molecular formula is C12H17N3OS. The summed E-state index contributed by atoms with van der Waals surface area (Å²) in [5.41, 5.74) is 5.46. The fourth-order valence-corrected chi connectivity index (χ4v) is 2.50. The summed E-state index contributed by atoms with van der Waals surface area (Å²) in [5.74, 6) is 1.17. The van der Waals surface area contributed by atoms with E-state index in [9.17, 15) is 0 Å². The molecule has 0 saturated heterocycles. The number of anilines is 1. The van der Waals surface area contributed by atoms with Crippen molar-refractivity contribution in [3.8, 4) is 0 Å². The van der Waals surface area contributed by atoms with E-state index in [1.54, 1.807) is 18.4 Å². The van der Waals surface area contributed by atoms with Crippen molar-refractivity contribution in [2.75, 3.05) is 12.8 Å². The summed E-state index contributed by atoms with van der Waals surface area (Å²) >= 11 is 1.67. The van der Waals surface area contributed by atoms with Crippen LogP contribution in [0.2, 0.25) is 0 Å². The maximum atomic E-state index is 5.98. The standard InChI is InChI=1S/C12H17N3OS/c1-5-7-6-8-9(13)14-11(12(2,3)16-4)15-10(8)17-7/h6H,5H2,1-4H3,(H2,13,14,15). The lowest BCUT2D eigenvalue weighted by Gasteiger charge is -2.21. The Morgan fingerprint density at radius 1 is 1.41 bits per heavy atom. The molecule has 2 N–H and O–H groups in total. The quantitative estimate of drug-likeness (QED) is 0.911.